The van der Waals surface area contributed by atoms with Gasteiger partial charge in [0.2, 0.25) is 0 Å². The molecule has 0 atom stereocenters. The van der Waals surface area contributed by atoms with Crippen LogP contribution < -0.4 is 5.56 Å². The van der Waals surface area contributed by atoms with Gasteiger partial charge in [-0.25, -0.2) is 9.50 Å². The number of nitrogens with one attached hydrogen (secondary N) is 1. The summed E-state index contributed by atoms with van der Waals surface area (Å²) in [5, 5.41) is 3.00. The average molecular weight is 253 g/mol. The summed E-state index contributed by atoms with van der Waals surface area (Å²) in [4.78, 5) is 16.8. The largest absolute Gasteiger partial charge is 0.297 e. The number of hydrogen-bond donors (Lipinski definition) is 1. The molecule has 2 aromatic heterocycles. The summed E-state index contributed by atoms with van der Waals surface area (Å²) in [6.07, 6.45) is 4.30. The average Bonchev–Trinajstić information content (AvgIpc) is 3.19. The minimum absolute atomic E-state index is 0. The van der Waals surface area contributed by atoms with Gasteiger partial charge in [0.15, 0.2) is 5.65 Å². The Morgan fingerprint density at radius 2 is 2.05 bits per heavy atom. The van der Waals surface area contributed by atoms with E-state index in [2.05, 4.69) is 10.1 Å². The monoisotopic (exact) mass is 253 g/mol. The summed E-state index contributed by atoms with van der Waals surface area (Å²) in [7, 11) is 0. The molecule has 0 saturated heterocycles. The van der Waals surface area contributed by atoms with E-state index in [1.165, 1.54) is 17.4 Å². The lowest BCUT2D eigenvalue weighted by Crippen LogP contribution is -2.14. The van der Waals surface area contributed by atoms with Crippen LogP contribution in [-0.4, -0.2) is 14.6 Å². The first kappa shape index (κ1) is 10.6. The number of H-pyrrole nitrogens is 1. The maximum atomic E-state index is 12.1. The standard InChI is InChI=1S/C15H13N3O.H2/c19-14-8-13(11-4-2-1-3-5-11)17-15-12(10-6-7-10)9-16-18(14)15;/h1-5,8-10,16H,6-7H2;1H. The molecule has 4 nitrogen and oxygen atoms in total. The van der Waals surface area contributed by atoms with Crippen LogP contribution in [0.2, 0.25) is 0 Å². The van der Waals surface area contributed by atoms with Crippen molar-refractivity contribution in [1.29, 1.82) is 0 Å². The smallest absolute Gasteiger partial charge is 0.273 e. The molecule has 1 saturated carbocycles. The highest BCUT2D eigenvalue weighted by molar-refractivity contribution is 5.63. The highest BCUT2D eigenvalue weighted by atomic mass is 16.1. The van der Waals surface area contributed by atoms with E-state index in [0.29, 0.717) is 5.92 Å². The van der Waals surface area contributed by atoms with Gasteiger partial charge in [-0.15, -0.1) is 0 Å². The van der Waals surface area contributed by atoms with Gasteiger partial charge in [0.25, 0.3) is 5.56 Å². The molecule has 0 unspecified atom stereocenters. The van der Waals surface area contributed by atoms with Crippen LogP contribution in [0.25, 0.3) is 16.9 Å². The van der Waals surface area contributed by atoms with Crippen molar-refractivity contribution in [3.63, 3.8) is 0 Å². The number of nitrogens with zero attached hydrogens (tertiary/aromatic N) is 2. The highest BCUT2D eigenvalue weighted by Crippen LogP contribution is 2.41. The van der Waals surface area contributed by atoms with Crippen LogP contribution in [0.5, 0.6) is 0 Å². The second kappa shape index (κ2) is 3.82. The zero-order valence-electron chi connectivity index (χ0n) is 10.3. The second-order valence-electron chi connectivity index (χ2n) is 5.01. The van der Waals surface area contributed by atoms with Gasteiger partial charge in [0.1, 0.15) is 0 Å². The molecule has 1 aliphatic rings. The molecule has 0 amide bonds. The van der Waals surface area contributed by atoms with E-state index in [9.17, 15) is 4.79 Å². The van der Waals surface area contributed by atoms with E-state index in [1.807, 2.05) is 36.5 Å². The molecule has 3 aromatic rings. The van der Waals surface area contributed by atoms with Gasteiger partial charge in [0, 0.05) is 24.8 Å². The summed E-state index contributed by atoms with van der Waals surface area (Å²) in [6, 6.07) is 11.4. The van der Waals surface area contributed by atoms with Crippen LogP contribution in [0.15, 0.2) is 47.4 Å². The van der Waals surface area contributed by atoms with Gasteiger partial charge in [-0.3, -0.25) is 9.89 Å². The first-order valence-corrected chi connectivity index (χ1v) is 6.49. The molecule has 1 N–H and O–H groups in total. The Hall–Kier alpha value is -2.36. The highest BCUT2D eigenvalue weighted by Gasteiger charge is 2.27. The van der Waals surface area contributed by atoms with Crippen molar-refractivity contribution in [3.8, 4) is 11.3 Å². The predicted octanol–water partition coefficient (Wildman–Crippen LogP) is 2.81. The lowest BCUT2D eigenvalue weighted by molar-refractivity contribution is 0.901. The molecule has 1 aliphatic carbocycles. The maximum Gasteiger partial charge on any atom is 0.273 e. The first-order chi connectivity index (χ1) is 9.33. The fourth-order valence-electron chi connectivity index (χ4n) is 2.45. The minimum atomic E-state index is -0.0595. The van der Waals surface area contributed by atoms with E-state index >= 15 is 0 Å². The quantitative estimate of drug-likeness (QED) is 0.763. The van der Waals surface area contributed by atoms with E-state index in [4.69, 9.17) is 0 Å². The van der Waals surface area contributed by atoms with Crippen molar-refractivity contribution in [3.05, 3.63) is 58.5 Å². The van der Waals surface area contributed by atoms with Gasteiger partial charge in [-0.05, 0) is 18.8 Å². The van der Waals surface area contributed by atoms with Crippen molar-refractivity contribution < 1.29 is 1.43 Å². The molecule has 0 aliphatic heterocycles. The van der Waals surface area contributed by atoms with Crippen LogP contribution in [0.3, 0.4) is 0 Å². The second-order valence-corrected chi connectivity index (χ2v) is 5.01. The Morgan fingerprint density at radius 3 is 2.79 bits per heavy atom. The third-order valence-corrected chi connectivity index (χ3v) is 3.61. The Labute approximate surface area is 111 Å². The van der Waals surface area contributed by atoms with Gasteiger partial charge in [0.05, 0.1) is 5.69 Å². The number of hydrogen-bond acceptors (Lipinski definition) is 2. The predicted molar refractivity (Wildman–Crippen MR) is 75.3 cm³/mol. The minimum Gasteiger partial charge on any atom is -0.297 e. The Kier molecular flexibility index (Phi) is 2.12. The van der Waals surface area contributed by atoms with Crippen LogP contribution in [-0.2, 0) is 0 Å². The summed E-state index contributed by atoms with van der Waals surface area (Å²) in [6.45, 7) is 0. The van der Waals surface area contributed by atoms with Crippen LogP contribution >= 0.6 is 0 Å². The maximum absolute atomic E-state index is 12.1. The molecule has 96 valence electrons. The summed E-state index contributed by atoms with van der Waals surface area (Å²) in [5.74, 6) is 0.569. The molecule has 4 rings (SSSR count). The Bertz CT molecular complexity index is 803. The molecule has 0 spiro atoms. The third-order valence-electron chi connectivity index (χ3n) is 3.61. The molecule has 19 heavy (non-hydrogen) atoms. The lowest BCUT2D eigenvalue weighted by Gasteiger charge is -2.02. The molecule has 4 heteroatoms. The van der Waals surface area contributed by atoms with Gasteiger partial charge in [-0.1, -0.05) is 30.3 Å². The van der Waals surface area contributed by atoms with Crippen LogP contribution in [0.4, 0.5) is 0 Å². The molecular formula is C15H15N3O. The first-order valence-electron chi connectivity index (χ1n) is 6.49. The van der Waals surface area contributed by atoms with Crippen molar-refractivity contribution in [1.82, 2.24) is 14.6 Å². The van der Waals surface area contributed by atoms with Gasteiger partial charge < -0.3 is 0 Å². The molecule has 0 bridgehead atoms. The van der Waals surface area contributed by atoms with E-state index in [1.54, 1.807) is 6.07 Å². The zero-order chi connectivity index (χ0) is 12.8. The van der Waals surface area contributed by atoms with Gasteiger partial charge >= 0.3 is 0 Å². The Morgan fingerprint density at radius 1 is 1.26 bits per heavy atom. The Balaban J connectivity index is 0.00000121. The number of fused-ring (bicyclic) bond motifs is 1. The van der Waals surface area contributed by atoms with E-state index < -0.39 is 0 Å². The van der Waals surface area contributed by atoms with Crippen molar-refractivity contribution in [2.45, 2.75) is 18.8 Å². The van der Waals surface area contributed by atoms with E-state index in [-0.39, 0.29) is 6.99 Å². The normalized spacial score (nSPS) is 14.9. The fourth-order valence-corrected chi connectivity index (χ4v) is 2.45. The number of aromatic amines is 1. The number of rotatable bonds is 2. The van der Waals surface area contributed by atoms with Gasteiger partial charge in [-0.2, -0.15) is 0 Å². The third kappa shape index (κ3) is 1.68. The van der Waals surface area contributed by atoms with Crippen LogP contribution in [0, 0.1) is 0 Å². The topological polar surface area (TPSA) is 50.2 Å². The zero-order valence-corrected chi connectivity index (χ0v) is 10.3. The fraction of sp³-hybridized carbons (Fsp3) is 0.200. The number of benzene rings is 1. The molecule has 1 fully saturated rings. The summed E-state index contributed by atoms with van der Waals surface area (Å²) >= 11 is 0. The molecule has 2 heterocycles. The van der Waals surface area contributed by atoms with Crippen molar-refractivity contribution in [2.24, 2.45) is 0 Å². The molecule has 0 radical (unpaired) electrons. The van der Waals surface area contributed by atoms with Crippen LogP contribution in [0.1, 0.15) is 25.7 Å². The summed E-state index contributed by atoms with van der Waals surface area (Å²) in [5.41, 5.74) is 3.59. The molecular weight excluding hydrogens is 238 g/mol. The van der Waals surface area contributed by atoms with Crippen molar-refractivity contribution in [2.75, 3.05) is 0 Å². The summed E-state index contributed by atoms with van der Waals surface area (Å²) < 4.78 is 1.53. The molecule has 1 aromatic carbocycles. The van der Waals surface area contributed by atoms with E-state index in [0.717, 1.165) is 22.5 Å². The van der Waals surface area contributed by atoms with Crippen molar-refractivity contribution >= 4 is 5.65 Å². The number of aromatic nitrogens is 3. The SMILES string of the molecule is O=c1cc(-c2ccccc2)nc2c(C3CC3)c[nH]n12.[HH]. The lowest BCUT2D eigenvalue weighted by atomic mass is 10.1.